The number of alkyl halides is 1. The summed E-state index contributed by atoms with van der Waals surface area (Å²) in [5.41, 5.74) is 0. The van der Waals surface area contributed by atoms with Gasteiger partial charge in [-0.3, -0.25) is 4.79 Å². The van der Waals surface area contributed by atoms with Crippen LogP contribution in [0.1, 0.15) is 6.42 Å². The summed E-state index contributed by atoms with van der Waals surface area (Å²) in [7, 11) is 1.85. The monoisotopic (exact) mass is 239 g/mol. The fraction of sp³-hybridized carbons (Fsp3) is 0.857. The minimum atomic E-state index is 0.218. The first kappa shape index (κ1) is 11.3. The smallest absolute Gasteiger partial charge is 0.223 e. The van der Waals surface area contributed by atoms with Crippen molar-refractivity contribution in [3.8, 4) is 0 Å². The summed E-state index contributed by atoms with van der Waals surface area (Å²) in [6, 6.07) is 0. The average Bonchev–Trinajstić information content (AvgIpc) is 2.00. The van der Waals surface area contributed by atoms with Crippen molar-refractivity contribution in [3.05, 3.63) is 0 Å². The minimum absolute atomic E-state index is 0.218. The molecule has 0 unspecified atom stereocenters. The Labute approximate surface area is 80.8 Å². The lowest BCUT2D eigenvalue weighted by molar-refractivity contribution is -0.129. The normalized spacial score (nSPS) is 9.73. The van der Waals surface area contributed by atoms with Crippen LogP contribution in [0.15, 0.2) is 0 Å². The van der Waals surface area contributed by atoms with E-state index in [2.05, 4.69) is 15.9 Å². The van der Waals surface area contributed by atoms with Crippen molar-refractivity contribution in [2.24, 2.45) is 0 Å². The van der Waals surface area contributed by atoms with Crippen molar-refractivity contribution in [2.75, 3.05) is 30.9 Å². The van der Waals surface area contributed by atoms with Gasteiger partial charge in [0.1, 0.15) is 0 Å². The number of halogens is 1. The Balaban J connectivity index is 3.46. The molecule has 0 aliphatic carbocycles. The molecular weight excluding hydrogens is 226 g/mol. The Hall–Kier alpha value is 0.300. The highest BCUT2D eigenvalue weighted by Crippen LogP contribution is 1.97. The van der Waals surface area contributed by atoms with Crippen LogP contribution in [0.5, 0.6) is 0 Å². The number of amides is 1. The number of thioether (sulfide) groups is 1. The molecule has 0 spiro atoms. The molecule has 0 rings (SSSR count). The molecule has 1 amide bonds. The van der Waals surface area contributed by atoms with Crippen LogP contribution in [-0.2, 0) is 4.79 Å². The Kier molecular flexibility index (Phi) is 7.17. The van der Waals surface area contributed by atoms with Crippen LogP contribution in [-0.4, -0.2) is 41.7 Å². The highest BCUT2D eigenvalue weighted by Gasteiger charge is 2.05. The summed E-state index contributed by atoms with van der Waals surface area (Å²) >= 11 is 4.99. The standard InChI is InChI=1S/C7H14BrNOS/c1-9(5-6-11-2)7(10)3-4-8/h3-6H2,1-2H3. The summed E-state index contributed by atoms with van der Waals surface area (Å²) in [5.74, 6) is 1.24. The van der Waals surface area contributed by atoms with Gasteiger partial charge in [-0.1, -0.05) is 15.9 Å². The van der Waals surface area contributed by atoms with E-state index in [1.807, 2.05) is 13.3 Å². The molecular formula is C7H14BrNOS. The summed E-state index contributed by atoms with van der Waals surface area (Å²) in [6.45, 7) is 0.854. The first-order chi connectivity index (χ1) is 5.22. The quantitative estimate of drug-likeness (QED) is 0.680. The maximum Gasteiger partial charge on any atom is 0.223 e. The van der Waals surface area contributed by atoms with Crippen LogP contribution in [0.2, 0.25) is 0 Å². The molecule has 0 N–H and O–H groups in total. The minimum Gasteiger partial charge on any atom is -0.345 e. The number of nitrogens with zero attached hydrogens (tertiary/aromatic N) is 1. The maximum atomic E-state index is 11.1. The molecule has 0 aliphatic rings. The molecule has 0 heterocycles. The van der Waals surface area contributed by atoms with Gasteiger partial charge >= 0.3 is 0 Å². The fourth-order valence-corrected chi connectivity index (χ4v) is 1.42. The van der Waals surface area contributed by atoms with Gasteiger partial charge in [0.15, 0.2) is 0 Å². The molecule has 11 heavy (non-hydrogen) atoms. The zero-order valence-electron chi connectivity index (χ0n) is 6.97. The molecule has 0 atom stereocenters. The lowest BCUT2D eigenvalue weighted by atomic mass is 10.4. The van der Waals surface area contributed by atoms with Crippen LogP contribution >= 0.6 is 27.7 Å². The third-order valence-corrected chi connectivity index (χ3v) is 2.35. The van der Waals surface area contributed by atoms with E-state index in [-0.39, 0.29) is 5.91 Å². The molecule has 0 aromatic carbocycles. The van der Waals surface area contributed by atoms with E-state index in [1.165, 1.54) is 0 Å². The second-order valence-electron chi connectivity index (χ2n) is 2.25. The van der Waals surface area contributed by atoms with Crippen LogP contribution in [0.25, 0.3) is 0 Å². The fourth-order valence-electron chi connectivity index (χ4n) is 0.625. The summed E-state index contributed by atoms with van der Waals surface area (Å²) in [5, 5.41) is 0.759. The molecule has 2 nitrogen and oxygen atoms in total. The maximum absolute atomic E-state index is 11.1. The number of carbonyl (C=O) groups excluding carboxylic acids is 1. The molecule has 0 radical (unpaired) electrons. The third kappa shape index (κ3) is 5.56. The molecule has 4 heteroatoms. The zero-order chi connectivity index (χ0) is 8.69. The van der Waals surface area contributed by atoms with Gasteiger partial charge < -0.3 is 4.90 Å². The van der Waals surface area contributed by atoms with Crippen molar-refractivity contribution in [3.63, 3.8) is 0 Å². The Morgan fingerprint density at radius 2 is 2.27 bits per heavy atom. The molecule has 0 aliphatic heterocycles. The molecule has 0 aromatic heterocycles. The highest BCUT2D eigenvalue weighted by atomic mass is 79.9. The topological polar surface area (TPSA) is 20.3 Å². The van der Waals surface area contributed by atoms with Crippen LogP contribution < -0.4 is 0 Å². The van der Waals surface area contributed by atoms with Gasteiger partial charge in [0, 0.05) is 31.1 Å². The van der Waals surface area contributed by atoms with E-state index >= 15 is 0 Å². The van der Waals surface area contributed by atoms with Crippen LogP contribution in [0, 0.1) is 0 Å². The largest absolute Gasteiger partial charge is 0.345 e. The summed E-state index contributed by atoms with van der Waals surface area (Å²) in [6.07, 6.45) is 2.65. The van der Waals surface area contributed by atoms with Crippen molar-refractivity contribution in [2.45, 2.75) is 6.42 Å². The van der Waals surface area contributed by atoms with E-state index in [1.54, 1.807) is 16.7 Å². The Morgan fingerprint density at radius 3 is 2.73 bits per heavy atom. The average molecular weight is 240 g/mol. The van der Waals surface area contributed by atoms with Crippen molar-refractivity contribution in [1.29, 1.82) is 0 Å². The predicted molar refractivity (Wildman–Crippen MR) is 54.4 cm³/mol. The molecule has 0 saturated carbocycles. The number of hydrogen-bond acceptors (Lipinski definition) is 2. The summed E-state index contributed by atoms with van der Waals surface area (Å²) < 4.78 is 0. The number of rotatable bonds is 5. The zero-order valence-corrected chi connectivity index (χ0v) is 9.37. The second kappa shape index (κ2) is 6.98. The van der Waals surface area contributed by atoms with E-state index in [0.29, 0.717) is 6.42 Å². The number of carbonyl (C=O) groups is 1. The van der Waals surface area contributed by atoms with Crippen molar-refractivity contribution >= 4 is 33.6 Å². The van der Waals surface area contributed by atoms with Gasteiger partial charge in [0.25, 0.3) is 0 Å². The first-order valence-electron chi connectivity index (χ1n) is 3.51. The summed E-state index contributed by atoms with van der Waals surface area (Å²) in [4.78, 5) is 12.9. The van der Waals surface area contributed by atoms with Crippen molar-refractivity contribution in [1.82, 2.24) is 4.90 Å². The molecule has 0 bridgehead atoms. The van der Waals surface area contributed by atoms with Gasteiger partial charge in [-0.2, -0.15) is 11.8 Å². The van der Waals surface area contributed by atoms with E-state index in [0.717, 1.165) is 17.6 Å². The van der Waals surface area contributed by atoms with E-state index in [9.17, 15) is 4.79 Å². The lowest BCUT2D eigenvalue weighted by Gasteiger charge is -2.15. The van der Waals surface area contributed by atoms with E-state index < -0.39 is 0 Å². The van der Waals surface area contributed by atoms with E-state index in [4.69, 9.17) is 0 Å². The number of hydrogen-bond donors (Lipinski definition) is 0. The Morgan fingerprint density at radius 1 is 1.64 bits per heavy atom. The SMILES string of the molecule is CSCCN(C)C(=O)CCBr. The van der Waals surface area contributed by atoms with Crippen LogP contribution in [0.3, 0.4) is 0 Å². The molecule has 0 saturated heterocycles. The van der Waals surface area contributed by atoms with Gasteiger partial charge in [0.05, 0.1) is 0 Å². The lowest BCUT2D eigenvalue weighted by Crippen LogP contribution is -2.28. The molecule has 0 fully saturated rings. The predicted octanol–water partition coefficient (Wildman–Crippen LogP) is 1.59. The van der Waals surface area contributed by atoms with Gasteiger partial charge in [-0.25, -0.2) is 0 Å². The third-order valence-electron chi connectivity index (χ3n) is 1.36. The molecule has 66 valence electrons. The highest BCUT2D eigenvalue weighted by molar-refractivity contribution is 9.09. The van der Waals surface area contributed by atoms with Crippen molar-refractivity contribution < 1.29 is 4.79 Å². The second-order valence-corrected chi connectivity index (χ2v) is 4.03. The Bertz CT molecular complexity index is 121. The first-order valence-corrected chi connectivity index (χ1v) is 6.02. The van der Waals surface area contributed by atoms with Crippen LogP contribution in [0.4, 0.5) is 0 Å². The van der Waals surface area contributed by atoms with Gasteiger partial charge in [-0.05, 0) is 6.26 Å². The van der Waals surface area contributed by atoms with Gasteiger partial charge in [0.2, 0.25) is 5.91 Å². The van der Waals surface area contributed by atoms with Gasteiger partial charge in [-0.15, -0.1) is 0 Å². The molecule has 0 aromatic rings.